The molecule has 1 unspecified atom stereocenters. The summed E-state index contributed by atoms with van der Waals surface area (Å²) < 4.78 is 93.4. The second-order valence-corrected chi connectivity index (χ2v) is 7.46. The molecule has 0 fully saturated rings. The van der Waals surface area contributed by atoms with E-state index in [1.165, 1.54) is 12.3 Å². The number of pyridine rings is 1. The highest BCUT2D eigenvalue weighted by atomic mass is 19.4. The molecule has 0 bridgehead atoms. The molecule has 0 radical (unpaired) electrons. The van der Waals surface area contributed by atoms with Gasteiger partial charge in [-0.1, -0.05) is 13.0 Å². The van der Waals surface area contributed by atoms with Gasteiger partial charge in [0.1, 0.15) is 0 Å². The molecule has 0 aliphatic carbocycles. The van der Waals surface area contributed by atoms with Crippen LogP contribution in [0.3, 0.4) is 0 Å². The molecular weight excluding hydrogens is 469 g/mol. The number of amides is 1. The van der Waals surface area contributed by atoms with Crippen LogP contribution in [0, 0.1) is 11.9 Å². The molecule has 0 saturated heterocycles. The van der Waals surface area contributed by atoms with Crippen LogP contribution in [-0.2, 0) is 17.1 Å². The summed E-state index contributed by atoms with van der Waals surface area (Å²) in [6.07, 6.45) is -4.68. The Bertz CT molecular complexity index is 1150. The number of alkyl halides is 6. The summed E-state index contributed by atoms with van der Waals surface area (Å²) in [6.45, 7) is 1.58. The third-order valence-electron chi connectivity index (χ3n) is 4.89. The maximum Gasteiger partial charge on any atom is 0.416 e. The minimum absolute atomic E-state index is 0.0323. The van der Waals surface area contributed by atoms with Gasteiger partial charge in [0.05, 0.1) is 22.4 Å². The highest BCUT2D eigenvalue weighted by Crippen LogP contribution is 2.37. The molecule has 12 heteroatoms. The van der Waals surface area contributed by atoms with Crippen LogP contribution in [-0.4, -0.2) is 21.6 Å². The zero-order valence-corrected chi connectivity index (χ0v) is 17.5. The standard InChI is InChI=1S/C22H17F7N4O/c1-12-3-2-6-33(11-17(20(30)34)13-4-5-31-18(23)9-13)32-19(12)14-7-15(21(24,25)26)10-16(8-14)22(27,28)29/h2,4-12H,3H2,1H3,(H2,30,34). The van der Waals surface area contributed by atoms with Crippen molar-refractivity contribution in [2.24, 2.45) is 16.8 Å². The Morgan fingerprint density at radius 3 is 2.24 bits per heavy atom. The van der Waals surface area contributed by atoms with Gasteiger partial charge >= 0.3 is 12.4 Å². The highest BCUT2D eigenvalue weighted by molar-refractivity contribution is 6.18. The third kappa shape index (κ3) is 5.80. The number of hydrazone groups is 1. The van der Waals surface area contributed by atoms with Crippen LogP contribution in [0.4, 0.5) is 30.7 Å². The summed E-state index contributed by atoms with van der Waals surface area (Å²) in [5.41, 5.74) is 1.82. The van der Waals surface area contributed by atoms with Crippen molar-refractivity contribution in [2.45, 2.75) is 25.7 Å². The van der Waals surface area contributed by atoms with Gasteiger partial charge in [0.2, 0.25) is 5.95 Å². The Morgan fingerprint density at radius 1 is 1.09 bits per heavy atom. The number of hydrogen-bond donors (Lipinski definition) is 1. The van der Waals surface area contributed by atoms with E-state index in [4.69, 9.17) is 5.73 Å². The molecule has 1 aromatic carbocycles. The van der Waals surface area contributed by atoms with Crippen molar-refractivity contribution in [1.82, 2.24) is 9.99 Å². The zero-order chi connectivity index (χ0) is 25.3. The molecule has 1 aromatic heterocycles. The predicted octanol–water partition coefficient (Wildman–Crippen LogP) is 5.34. The SMILES string of the molecule is CC1CC=CN(C=C(C(N)=O)c2ccnc(F)c2)N=C1c1cc(C(F)(F)F)cc(C(F)(F)F)c1. The van der Waals surface area contributed by atoms with E-state index in [0.717, 1.165) is 23.5 Å². The number of primary amides is 1. The molecule has 1 atom stereocenters. The second kappa shape index (κ2) is 9.27. The first-order valence-electron chi connectivity index (χ1n) is 9.72. The largest absolute Gasteiger partial charge is 0.416 e. The van der Waals surface area contributed by atoms with Gasteiger partial charge in [-0.15, -0.1) is 0 Å². The summed E-state index contributed by atoms with van der Waals surface area (Å²) in [7, 11) is 0. The molecule has 1 amide bonds. The minimum Gasteiger partial charge on any atom is -0.366 e. The Balaban J connectivity index is 2.16. The molecule has 2 aromatic rings. The number of allylic oxidation sites excluding steroid dienone is 1. The Labute approximate surface area is 189 Å². The highest BCUT2D eigenvalue weighted by Gasteiger charge is 2.37. The maximum absolute atomic E-state index is 13.5. The lowest BCUT2D eigenvalue weighted by atomic mass is 9.93. The van der Waals surface area contributed by atoms with Crippen molar-refractivity contribution in [3.8, 4) is 0 Å². The molecule has 5 nitrogen and oxygen atoms in total. The van der Waals surface area contributed by atoms with E-state index in [2.05, 4.69) is 10.1 Å². The van der Waals surface area contributed by atoms with Crippen molar-refractivity contribution in [2.75, 3.05) is 0 Å². The number of rotatable bonds is 4. The molecule has 3 rings (SSSR count). The number of aromatic nitrogens is 1. The smallest absolute Gasteiger partial charge is 0.366 e. The third-order valence-corrected chi connectivity index (χ3v) is 4.89. The van der Waals surface area contributed by atoms with E-state index in [0.29, 0.717) is 12.1 Å². The van der Waals surface area contributed by atoms with E-state index in [9.17, 15) is 35.5 Å². The number of nitrogens with zero attached hydrogens (tertiary/aromatic N) is 3. The molecule has 34 heavy (non-hydrogen) atoms. The fourth-order valence-electron chi connectivity index (χ4n) is 3.24. The molecule has 180 valence electrons. The van der Waals surface area contributed by atoms with E-state index >= 15 is 0 Å². The Morgan fingerprint density at radius 2 is 1.71 bits per heavy atom. The van der Waals surface area contributed by atoms with Crippen molar-refractivity contribution in [3.05, 3.63) is 83.2 Å². The first-order valence-corrected chi connectivity index (χ1v) is 9.72. The van der Waals surface area contributed by atoms with Crippen molar-refractivity contribution in [3.63, 3.8) is 0 Å². The summed E-state index contributed by atoms with van der Waals surface area (Å²) in [6, 6.07) is 3.45. The molecule has 0 spiro atoms. The fraction of sp³-hybridized carbons (Fsp3) is 0.227. The van der Waals surface area contributed by atoms with Crippen molar-refractivity contribution >= 4 is 17.2 Å². The molecule has 1 aliphatic rings. The number of halogens is 7. The first kappa shape index (κ1) is 24.9. The maximum atomic E-state index is 13.5. The number of hydrogen-bond acceptors (Lipinski definition) is 4. The number of carbonyl (C=O) groups is 1. The summed E-state index contributed by atoms with van der Waals surface area (Å²) >= 11 is 0. The molecule has 2 heterocycles. The van der Waals surface area contributed by atoms with E-state index in [1.807, 2.05) is 0 Å². The Kier molecular flexibility index (Phi) is 6.80. The quantitative estimate of drug-likeness (QED) is 0.360. The van der Waals surface area contributed by atoms with Gasteiger partial charge in [0.25, 0.3) is 5.91 Å². The van der Waals surface area contributed by atoms with Gasteiger partial charge in [0.15, 0.2) is 0 Å². The monoisotopic (exact) mass is 486 g/mol. The average Bonchev–Trinajstić information content (AvgIpc) is 2.91. The number of benzene rings is 1. The second-order valence-electron chi connectivity index (χ2n) is 7.46. The normalized spacial score (nSPS) is 17.4. The molecule has 1 aliphatic heterocycles. The van der Waals surface area contributed by atoms with Crippen LogP contribution in [0.15, 0.2) is 60.1 Å². The van der Waals surface area contributed by atoms with Gasteiger partial charge in [-0.3, -0.25) is 4.79 Å². The Hall–Kier alpha value is -3.70. The van der Waals surface area contributed by atoms with Gasteiger partial charge < -0.3 is 5.73 Å². The van der Waals surface area contributed by atoms with Crippen LogP contribution in [0.5, 0.6) is 0 Å². The van der Waals surface area contributed by atoms with Crippen molar-refractivity contribution < 1.29 is 35.5 Å². The molecule has 2 N–H and O–H groups in total. The summed E-state index contributed by atoms with van der Waals surface area (Å²) in [4.78, 5) is 15.3. The van der Waals surface area contributed by atoms with E-state index in [-0.39, 0.29) is 34.9 Å². The van der Waals surface area contributed by atoms with Gasteiger partial charge in [0, 0.05) is 30.6 Å². The van der Waals surface area contributed by atoms with Crippen LogP contribution in [0.2, 0.25) is 0 Å². The van der Waals surface area contributed by atoms with E-state index in [1.54, 1.807) is 13.0 Å². The lowest BCUT2D eigenvalue weighted by Crippen LogP contribution is -2.19. The van der Waals surface area contributed by atoms with Crippen molar-refractivity contribution in [1.29, 1.82) is 0 Å². The zero-order valence-electron chi connectivity index (χ0n) is 17.5. The summed E-state index contributed by atoms with van der Waals surface area (Å²) in [5, 5.41) is 5.21. The summed E-state index contributed by atoms with van der Waals surface area (Å²) in [5.74, 6) is -2.43. The van der Waals surface area contributed by atoms with Gasteiger partial charge in [-0.2, -0.15) is 35.8 Å². The lowest BCUT2D eigenvalue weighted by Gasteiger charge is -2.19. The van der Waals surface area contributed by atoms with Crippen LogP contribution >= 0.6 is 0 Å². The fourth-order valence-corrected chi connectivity index (χ4v) is 3.24. The van der Waals surface area contributed by atoms with Gasteiger partial charge in [-0.05, 0) is 41.8 Å². The van der Waals surface area contributed by atoms with E-state index < -0.39 is 41.3 Å². The average molecular weight is 486 g/mol. The first-order chi connectivity index (χ1) is 15.8. The number of nitrogens with two attached hydrogens (primary N) is 1. The number of carbonyl (C=O) groups excluding carboxylic acids is 1. The molecular formula is C22H17F7N4O. The van der Waals surface area contributed by atoms with Gasteiger partial charge in [-0.25, -0.2) is 9.99 Å². The topological polar surface area (TPSA) is 71.6 Å². The van der Waals surface area contributed by atoms with Crippen LogP contribution < -0.4 is 5.73 Å². The minimum atomic E-state index is -5.02. The van der Waals surface area contributed by atoms with Crippen LogP contribution in [0.25, 0.3) is 5.57 Å². The lowest BCUT2D eigenvalue weighted by molar-refractivity contribution is -0.143. The molecule has 0 saturated carbocycles. The van der Waals surface area contributed by atoms with Crippen LogP contribution in [0.1, 0.15) is 35.6 Å². The predicted molar refractivity (Wildman–Crippen MR) is 109 cm³/mol.